The van der Waals surface area contributed by atoms with E-state index in [0.717, 1.165) is 47.3 Å². The molecule has 0 aliphatic carbocycles. The van der Waals surface area contributed by atoms with Gasteiger partial charge < -0.3 is 4.74 Å². The fourth-order valence-corrected chi connectivity index (χ4v) is 4.17. The van der Waals surface area contributed by atoms with Crippen LogP contribution in [0, 0.1) is 11.3 Å². The number of rotatable bonds is 10. The molecular weight excluding hydrogens is 530 g/mol. The van der Waals surface area contributed by atoms with Crippen LogP contribution in [0.2, 0.25) is 0 Å². The standard InChI is InChI=1S/C27H34N5O2S.3C2H6/c1-6-8-20-13-23(14-21(15-28)25(20)7-2)27(3,4)22-9-11-24(12-10-22)34-18-19-16-29-26(30-17-19)31-32(5,33)35;3*1-2/h9-14,16-17,33,35H,6-8,18H2,1-5H3,(H,29,30,31);3*1-2H3/q+1;;;. The molecule has 7 nitrogen and oxygen atoms in total. The lowest BCUT2D eigenvalue weighted by Crippen LogP contribution is -2.36. The second-order valence-electron chi connectivity index (χ2n) is 9.25. The minimum absolute atomic E-state index is 0.258. The summed E-state index contributed by atoms with van der Waals surface area (Å²) in [5.74, 6) is 1.00. The number of nitrogens with one attached hydrogen (secondary N) is 1. The summed E-state index contributed by atoms with van der Waals surface area (Å²) in [5, 5.41) is 19.4. The lowest BCUT2D eigenvalue weighted by molar-refractivity contribution is -0.955. The minimum atomic E-state index is -0.765. The van der Waals surface area contributed by atoms with Crippen LogP contribution in [0.25, 0.3) is 0 Å². The summed E-state index contributed by atoms with van der Waals surface area (Å²) in [4.78, 5) is 8.31. The number of quaternary nitrogens is 1. The van der Waals surface area contributed by atoms with E-state index < -0.39 is 4.16 Å². The maximum Gasteiger partial charge on any atom is 0.273 e. The third-order valence-corrected chi connectivity index (χ3v) is 6.16. The van der Waals surface area contributed by atoms with Crippen molar-refractivity contribution in [3.8, 4) is 11.8 Å². The van der Waals surface area contributed by atoms with E-state index in [0.29, 0.717) is 6.61 Å². The number of hydroxylamine groups is 1. The predicted octanol–water partition coefficient (Wildman–Crippen LogP) is 8.85. The van der Waals surface area contributed by atoms with Gasteiger partial charge in [-0.05, 0) is 57.5 Å². The highest BCUT2D eigenvalue weighted by molar-refractivity contribution is 7.74. The lowest BCUT2D eigenvalue weighted by atomic mass is 9.76. The van der Waals surface area contributed by atoms with Crippen LogP contribution in [-0.2, 0) is 24.9 Å². The molecule has 0 bridgehead atoms. The fourth-order valence-electron chi connectivity index (χ4n) is 4.08. The van der Waals surface area contributed by atoms with Gasteiger partial charge in [0.2, 0.25) is 0 Å². The van der Waals surface area contributed by atoms with Crippen LogP contribution in [0.5, 0.6) is 5.75 Å². The molecule has 1 unspecified atom stereocenters. The Labute approximate surface area is 254 Å². The van der Waals surface area contributed by atoms with Crippen LogP contribution in [0.15, 0.2) is 48.8 Å². The van der Waals surface area contributed by atoms with Crippen molar-refractivity contribution >= 4 is 18.8 Å². The van der Waals surface area contributed by atoms with Gasteiger partial charge in [0.15, 0.2) is 0 Å². The Balaban J connectivity index is 0.00000250. The van der Waals surface area contributed by atoms with E-state index in [2.05, 4.69) is 80.2 Å². The van der Waals surface area contributed by atoms with Gasteiger partial charge in [-0.25, -0.2) is 9.97 Å². The molecule has 0 saturated carbocycles. The van der Waals surface area contributed by atoms with Gasteiger partial charge >= 0.3 is 0 Å². The Morgan fingerprint density at radius 2 is 1.54 bits per heavy atom. The number of benzene rings is 2. The zero-order valence-electron chi connectivity index (χ0n) is 27.0. The summed E-state index contributed by atoms with van der Waals surface area (Å²) in [6.07, 6.45) is 6.16. The summed E-state index contributed by atoms with van der Waals surface area (Å²) >= 11 is 3.93. The largest absolute Gasteiger partial charge is 0.489 e. The Bertz CT molecular complexity index is 1180. The molecule has 41 heavy (non-hydrogen) atoms. The first-order chi connectivity index (χ1) is 19.6. The van der Waals surface area contributed by atoms with Crippen molar-refractivity contribution in [2.45, 2.75) is 101 Å². The molecule has 226 valence electrons. The third kappa shape index (κ3) is 11.7. The molecule has 1 atom stereocenters. The first kappa shape index (κ1) is 37.9. The number of ether oxygens (including phenoxy) is 1. The molecule has 0 fully saturated rings. The second kappa shape index (κ2) is 19.1. The molecule has 2 N–H and O–H groups in total. The minimum Gasteiger partial charge on any atom is -0.489 e. The Hall–Kier alpha value is -3.12. The molecule has 0 aliphatic rings. The molecule has 0 saturated heterocycles. The highest BCUT2D eigenvalue weighted by Crippen LogP contribution is 2.35. The van der Waals surface area contributed by atoms with Crippen molar-refractivity contribution in [2.75, 3.05) is 12.5 Å². The molecule has 0 amide bonds. The summed E-state index contributed by atoms with van der Waals surface area (Å²) in [5.41, 5.74) is 8.67. The molecule has 0 aliphatic heterocycles. The zero-order valence-corrected chi connectivity index (χ0v) is 27.9. The van der Waals surface area contributed by atoms with Crippen molar-refractivity contribution in [3.63, 3.8) is 0 Å². The smallest absolute Gasteiger partial charge is 0.273 e. The fraction of sp³-hybridized carbons (Fsp3) is 0.485. The first-order valence-electron chi connectivity index (χ1n) is 14.8. The van der Waals surface area contributed by atoms with Crippen LogP contribution in [-0.4, -0.2) is 26.4 Å². The van der Waals surface area contributed by atoms with Crippen molar-refractivity contribution < 1.29 is 14.1 Å². The summed E-state index contributed by atoms with van der Waals surface area (Å²) in [6, 6.07) is 14.8. The van der Waals surface area contributed by atoms with Crippen molar-refractivity contribution in [3.05, 3.63) is 82.2 Å². The van der Waals surface area contributed by atoms with Gasteiger partial charge in [0, 0.05) is 23.4 Å². The second-order valence-corrected chi connectivity index (χ2v) is 10.0. The maximum atomic E-state index is 9.76. The van der Waals surface area contributed by atoms with E-state index in [1.54, 1.807) is 12.4 Å². The van der Waals surface area contributed by atoms with E-state index in [-0.39, 0.29) is 11.4 Å². The molecular formula is C33H52N5O2S+. The first-order valence-corrected chi connectivity index (χ1v) is 15.2. The molecule has 3 rings (SSSR count). The van der Waals surface area contributed by atoms with Crippen molar-refractivity contribution in [1.29, 1.82) is 5.26 Å². The third-order valence-electron chi connectivity index (χ3n) is 6.06. The van der Waals surface area contributed by atoms with Crippen molar-refractivity contribution in [2.24, 2.45) is 0 Å². The van der Waals surface area contributed by atoms with Gasteiger partial charge in [0.05, 0.1) is 11.6 Å². The van der Waals surface area contributed by atoms with E-state index in [9.17, 15) is 10.5 Å². The van der Waals surface area contributed by atoms with E-state index in [1.165, 1.54) is 18.2 Å². The number of hydrogen-bond acceptors (Lipinski definition) is 7. The molecule has 2 aromatic carbocycles. The van der Waals surface area contributed by atoms with Crippen LogP contribution >= 0.6 is 12.8 Å². The SMILES string of the molecule is CC.CC.CC.CCCc1cc(C(C)(C)c2ccc(OCc3cnc(N[N+](C)(O)S)nc3)cc2)cc(C#N)c1CC. The number of nitrogens with zero attached hydrogens (tertiary/aromatic N) is 4. The van der Waals surface area contributed by atoms with Crippen molar-refractivity contribution in [1.82, 2.24) is 9.97 Å². The zero-order chi connectivity index (χ0) is 31.6. The molecule has 0 spiro atoms. The number of aromatic nitrogens is 2. The predicted molar refractivity (Wildman–Crippen MR) is 174 cm³/mol. The average molecular weight is 583 g/mol. The van der Waals surface area contributed by atoms with Crippen LogP contribution < -0.4 is 10.2 Å². The molecule has 8 heteroatoms. The quantitative estimate of drug-likeness (QED) is 0.126. The van der Waals surface area contributed by atoms with Crippen LogP contribution in [0.4, 0.5) is 5.95 Å². The van der Waals surface area contributed by atoms with Crippen LogP contribution in [0.1, 0.15) is 109 Å². The number of nitriles is 1. The Kier molecular flexibility index (Phi) is 17.6. The van der Waals surface area contributed by atoms with Gasteiger partial charge in [0.25, 0.3) is 5.95 Å². The number of aryl methyl sites for hydroxylation is 1. The molecule has 1 heterocycles. The highest BCUT2D eigenvalue weighted by atomic mass is 32.1. The summed E-state index contributed by atoms with van der Waals surface area (Å²) in [7, 11) is 1.43. The Morgan fingerprint density at radius 3 is 2.00 bits per heavy atom. The summed E-state index contributed by atoms with van der Waals surface area (Å²) < 4.78 is 5.15. The van der Waals surface area contributed by atoms with Gasteiger partial charge in [-0.15, -0.1) is 0 Å². The highest BCUT2D eigenvalue weighted by Gasteiger charge is 2.25. The van der Waals surface area contributed by atoms with Gasteiger partial charge in [0.1, 0.15) is 32.2 Å². The number of anilines is 1. The topological polar surface area (TPSA) is 91.1 Å². The number of hydrogen-bond donors (Lipinski definition) is 3. The van der Waals surface area contributed by atoms with Crippen LogP contribution in [0.3, 0.4) is 0 Å². The molecule has 3 aromatic rings. The molecule has 0 radical (unpaired) electrons. The average Bonchev–Trinajstić information content (AvgIpc) is 2.99. The lowest BCUT2D eigenvalue weighted by Gasteiger charge is -2.28. The Morgan fingerprint density at radius 1 is 0.976 bits per heavy atom. The normalized spacial score (nSPS) is 11.6. The van der Waals surface area contributed by atoms with E-state index in [1.807, 2.05) is 59.7 Å². The van der Waals surface area contributed by atoms with Gasteiger partial charge in [-0.3, -0.25) is 0 Å². The van der Waals surface area contributed by atoms with Gasteiger partial charge in [-0.1, -0.05) is 93.9 Å². The van der Waals surface area contributed by atoms with E-state index >= 15 is 0 Å². The van der Waals surface area contributed by atoms with Gasteiger partial charge in [-0.2, -0.15) is 15.9 Å². The molecule has 1 aromatic heterocycles. The maximum absolute atomic E-state index is 9.76. The van der Waals surface area contributed by atoms with E-state index in [4.69, 9.17) is 4.74 Å². The monoisotopic (exact) mass is 582 g/mol. The number of thiol groups is 1. The summed E-state index contributed by atoms with van der Waals surface area (Å²) in [6.45, 7) is 21.0.